The smallest absolute Gasteiger partial charge is 0.305 e. The Kier molecular flexibility index (Phi) is 26.1. The molecule has 350 valence electrons. The zero-order valence-electron chi connectivity index (χ0n) is 38.5. The first-order valence-corrected chi connectivity index (χ1v) is 23.2. The maximum atomic E-state index is 12.5. The number of hydrogen-bond acceptors (Lipinski definition) is 13. The Hall–Kier alpha value is -5.93. The first kappa shape index (κ1) is 52.4. The predicted octanol–water partition coefficient (Wildman–Crippen LogP) is 12.8. The molecule has 0 atom stereocenters. The van der Waals surface area contributed by atoms with Crippen molar-refractivity contribution in [2.75, 3.05) is 38.1 Å². The second-order valence-corrected chi connectivity index (χ2v) is 15.6. The standard InChI is InChI=1S/C48H70N8O8/c1-5-8-9-10-11-12-13-14-15-16-17-18-19-20-21-22-23-48(59)62-33-32-55(7-3)41-28-24-39(25-29-41)51-54-44-34-45(63-36-49-38(4)57)43(35-46(44)64-37-50-47(58)6-2)53-52-40-26-30-42(31-27-40)56(60)61/h24-31,34-35H,5-23,32-33,36-37H2,1-4H3,(H,49,57)(H,50,58). The first-order valence-electron chi connectivity index (χ1n) is 23.2. The molecule has 16 nitrogen and oxygen atoms in total. The van der Waals surface area contributed by atoms with Crippen molar-refractivity contribution in [2.24, 2.45) is 20.5 Å². The molecule has 3 aromatic rings. The van der Waals surface area contributed by atoms with E-state index in [2.05, 4.69) is 42.9 Å². The van der Waals surface area contributed by atoms with Gasteiger partial charge in [0.2, 0.25) is 11.8 Å². The number of azo groups is 2. The third-order valence-electron chi connectivity index (χ3n) is 10.5. The molecular formula is C48H70N8O8. The second kappa shape index (κ2) is 31.8. The van der Waals surface area contributed by atoms with Gasteiger partial charge in [-0.15, -0.1) is 10.2 Å². The number of nitro groups is 1. The molecule has 0 spiro atoms. The number of carbonyl (C=O) groups is 3. The van der Waals surface area contributed by atoms with E-state index in [-0.39, 0.29) is 66.2 Å². The van der Waals surface area contributed by atoms with E-state index in [0.717, 1.165) is 18.5 Å². The molecule has 3 rings (SSSR count). The molecule has 64 heavy (non-hydrogen) atoms. The normalized spacial score (nSPS) is 11.2. The van der Waals surface area contributed by atoms with Crippen molar-refractivity contribution < 1.29 is 33.5 Å². The number of hydrogen-bond donors (Lipinski definition) is 2. The molecule has 2 N–H and O–H groups in total. The van der Waals surface area contributed by atoms with Gasteiger partial charge in [0.05, 0.1) is 22.8 Å². The largest absolute Gasteiger partial charge is 0.471 e. The average molecular weight is 887 g/mol. The van der Waals surface area contributed by atoms with Crippen LogP contribution in [-0.2, 0) is 19.1 Å². The number of nitro benzene ring substituents is 1. The van der Waals surface area contributed by atoms with Crippen molar-refractivity contribution in [3.8, 4) is 11.5 Å². The van der Waals surface area contributed by atoms with Crippen LogP contribution in [0, 0.1) is 10.1 Å². The van der Waals surface area contributed by atoms with Gasteiger partial charge in [0.25, 0.3) is 5.69 Å². The maximum Gasteiger partial charge on any atom is 0.305 e. The summed E-state index contributed by atoms with van der Waals surface area (Å²) >= 11 is 0. The van der Waals surface area contributed by atoms with Gasteiger partial charge in [0.1, 0.15) is 18.0 Å². The fourth-order valence-corrected chi connectivity index (χ4v) is 6.68. The minimum Gasteiger partial charge on any atom is -0.471 e. The maximum absolute atomic E-state index is 12.5. The SMILES string of the molecule is CCCCCCCCCCCCCCCCCCC(=O)OCCN(CC)c1ccc(N=Nc2cc(OCNC(C)=O)c(N=Nc3ccc([N+](=O)[O-])cc3)cc2OCNC(=O)CC)cc1. The minimum atomic E-state index is -0.513. The quantitative estimate of drug-likeness (QED) is 0.0146. The van der Waals surface area contributed by atoms with Crippen LogP contribution in [0.4, 0.5) is 34.1 Å². The van der Waals surface area contributed by atoms with Gasteiger partial charge in [-0.05, 0) is 49.7 Å². The summed E-state index contributed by atoms with van der Waals surface area (Å²) in [6.07, 6.45) is 21.4. The van der Waals surface area contributed by atoms with Crippen molar-refractivity contribution in [3.63, 3.8) is 0 Å². The highest BCUT2D eigenvalue weighted by atomic mass is 16.6. The number of ether oxygens (including phenoxy) is 3. The highest BCUT2D eigenvalue weighted by molar-refractivity contribution is 5.75. The number of unbranched alkanes of at least 4 members (excludes halogenated alkanes) is 15. The fourth-order valence-electron chi connectivity index (χ4n) is 6.68. The van der Waals surface area contributed by atoms with Crippen molar-refractivity contribution in [1.82, 2.24) is 10.6 Å². The van der Waals surface area contributed by atoms with Gasteiger partial charge in [0, 0.05) is 56.3 Å². The molecule has 0 aliphatic rings. The summed E-state index contributed by atoms with van der Waals surface area (Å²) in [7, 11) is 0. The van der Waals surface area contributed by atoms with Crippen molar-refractivity contribution in [1.29, 1.82) is 0 Å². The summed E-state index contributed by atoms with van der Waals surface area (Å²) < 4.78 is 17.3. The summed E-state index contributed by atoms with van der Waals surface area (Å²) in [6.45, 7) is 8.57. The fraction of sp³-hybridized carbons (Fsp3) is 0.562. The van der Waals surface area contributed by atoms with E-state index in [4.69, 9.17) is 14.2 Å². The number of carbonyl (C=O) groups excluding carboxylic acids is 3. The van der Waals surface area contributed by atoms with E-state index in [0.29, 0.717) is 37.5 Å². The number of nitrogens with zero attached hydrogens (tertiary/aromatic N) is 6. The third-order valence-corrected chi connectivity index (χ3v) is 10.5. The van der Waals surface area contributed by atoms with E-state index < -0.39 is 4.92 Å². The lowest BCUT2D eigenvalue weighted by atomic mass is 10.0. The van der Waals surface area contributed by atoms with Crippen molar-refractivity contribution in [2.45, 2.75) is 143 Å². The Morgan fingerprint density at radius 3 is 1.56 bits per heavy atom. The lowest BCUT2D eigenvalue weighted by Gasteiger charge is -2.23. The van der Waals surface area contributed by atoms with Gasteiger partial charge in [-0.1, -0.05) is 110 Å². The number of nitrogens with one attached hydrogen (secondary N) is 2. The lowest BCUT2D eigenvalue weighted by molar-refractivity contribution is -0.384. The monoisotopic (exact) mass is 887 g/mol. The Morgan fingerprint density at radius 2 is 1.11 bits per heavy atom. The van der Waals surface area contributed by atoms with Crippen LogP contribution in [-0.4, -0.2) is 55.9 Å². The summed E-state index contributed by atoms with van der Waals surface area (Å²) in [4.78, 5) is 48.7. The van der Waals surface area contributed by atoms with E-state index >= 15 is 0 Å². The van der Waals surface area contributed by atoms with Crippen LogP contribution >= 0.6 is 0 Å². The molecular weight excluding hydrogens is 817 g/mol. The molecule has 2 amide bonds. The van der Waals surface area contributed by atoms with Gasteiger partial charge in [-0.3, -0.25) is 24.5 Å². The number of esters is 1. The third kappa shape index (κ3) is 21.9. The molecule has 0 aliphatic heterocycles. The van der Waals surface area contributed by atoms with Crippen LogP contribution in [0.25, 0.3) is 0 Å². The highest BCUT2D eigenvalue weighted by Gasteiger charge is 2.15. The Morgan fingerprint density at radius 1 is 0.641 bits per heavy atom. The van der Waals surface area contributed by atoms with Crippen LogP contribution in [0.3, 0.4) is 0 Å². The van der Waals surface area contributed by atoms with Gasteiger partial charge in [0.15, 0.2) is 25.0 Å². The molecule has 16 heteroatoms. The molecule has 0 heterocycles. The summed E-state index contributed by atoms with van der Waals surface area (Å²) in [5, 5.41) is 33.6. The summed E-state index contributed by atoms with van der Waals surface area (Å²) in [5.41, 5.74) is 2.14. The van der Waals surface area contributed by atoms with Gasteiger partial charge in [-0.25, -0.2) is 0 Å². The average Bonchev–Trinajstić information content (AvgIpc) is 3.29. The Balaban J connectivity index is 1.52. The molecule has 0 saturated carbocycles. The summed E-state index contributed by atoms with van der Waals surface area (Å²) in [6, 6.07) is 16.0. The van der Waals surface area contributed by atoms with Crippen LogP contribution in [0.1, 0.15) is 143 Å². The molecule has 0 radical (unpaired) electrons. The molecule has 0 saturated heterocycles. The van der Waals surface area contributed by atoms with E-state index in [9.17, 15) is 24.5 Å². The highest BCUT2D eigenvalue weighted by Crippen LogP contribution is 2.41. The van der Waals surface area contributed by atoms with Crippen molar-refractivity contribution in [3.05, 3.63) is 70.8 Å². The zero-order chi connectivity index (χ0) is 46.2. The second-order valence-electron chi connectivity index (χ2n) is 15.6. The number of benzene rings is 3. The topological polar surface area (TPSA) is 199 Å². The number of amides is 2. The Labute approximate surface area is 379 Å². The van der Waals surface area contributed by atoms with Crippen LogP contribution < -0.4 is 25.0 Å². The van der Waals surface area contributed by atoms with Crippen LogP contribution in [0.5, 0.6) is 11.5 Å². The van der Waals surface area contributed by atoms with E-state index in [1.807, 2.05) is 31.2 Å². The van der Waals surface area contributed by atoms with Crippen LogP contribution in [0.2, 0.25) is 0 Å². The summed E-state index contributed by atoms with van der Waals surface area (Å²) in [5.74, 6) is -0.313. The molecule has 0 aliphatic carbocycles. The molecule has 0 bridgehead atoms. The molecule has 0 unspecified atom stereocenters. The van der Waals surface area contributed by atoms with E-state index in [1.54, 1.807) is 6.92 Å². The molecule has 0 aromatic heterocycles. The minimum absolute atomic E-state index is 0.0939. The van der Waals surface area contributed by atoms with Gasteiger partial charge < -0.3 is 29.7 Å². The first-order chi connectivity index (χ1) is 31.1. The van der Waals surface area contributed by atoms with E-state index in [1.165, 1.54) is 133 Å². The molecule has 0 fully saturated rings. The Bertz CT molecular complexity index is 1890. The zero-order valence-corrected chi connectivity index (χ0v) is 38.5. The predicted molar refractivity (Wildman–Crippen MR) is 251 cm³/mol. The van der Waals surface area contributed by atoms with Gasteiger partial charge >= 0.3 is 5.97 Å². The number of non-ortho nitro benzene ring substituents is 1. The van der Waals surface area contributed by atoms with Crippen LogP contribution in [0.15, 0.2) is 81.1 Å². The number of rotatable bonds is 34. The van der Waals surface area contributed by atoms with Gasteiger partial charge in [-0.2, -0.15) is 10.2 Å². The number of likely N-dealkylation sites (N-methyl/N-ethyl adjacent to an activating group) is 1. The number of anilines is 1. The molecule has 3 aromatic carbocycles. The van der Waals surface area contributed by atoms with Crippen molar-refractivity contribution >= 4 is 51.9 Å². The lowest BCUT2D eigenvalue weighted by Crippen LogP contribution is -2.27.